The first-order valence-corrected chi connectivity index (χ1v) is 8.57. The summed E-state index contributed by atoms with van der Waals surface area (Å²) in [5.41, 5.74) is 5.87. The third-order valence-corrected chi connectivity index (χ3v) is 5.18. The van der Waals surface area contributed by atoms with Crippen LogP contribution in [0.3, 0.4) is 0 Å². The van der Waals surface area contributed by atoms with Crippen LogP contribution in [0.4, 0.5) is 13.2 Å². The molecule has 1 aromatic rings. The Balaban J connectivity index is 1.71. The van der Waals surface area contributed by atoms with E-state index in [-0.39, 0.29) is 23.8 Å². The number of hydrogen-bond donors (Lipinski definition) is 1. The molecule has 1 aromatic carbocycles. The van der Waals surface area contributed by atoms with Gasteiger partial charge in [-0.15, -0.1) is 0 Å². The highest BCUT2D eigenvalue weighted by atomic mass is 19.4. The zero-order valence-electron chi connectivity index (χ0n) is 13.6. The number of hydrogen-bond acceptors (Lipinski definition) is 2. The van der Waals surface area contributed by atoms with Crippen molar-refractivity contribution in [2.24, 2.45) is 17.6 Å². The van der Waals surface area contributed by atoms with E-state index < -0.39 is 11.7 Å². The van der Waals surface area contributed by atoms with Gasteiger partial charge in [-0.2, -0.15) is 13.2 Å². The molecule has 0 radical (unpaired) electrons. The van der Waals surface area contributed by atoms with Crippen molar-refractivity contribution < 1.29 is 18.0 Å². The van der Waals surface area contributed by atoms with Crippen molar-refractivity contribution in [1.29, 1.82) is 0 Å². The summed E-state index contributed by atoms with van der Waals surface area (Å²) in [6, 6.07) is 5.35. The predicted octanol–water partition coefficient (Wildman–Crippen LogP) is 3.57. The zero-order valence-corrected chi connectivity index (χ0v) is 13.6. The van der Waals surface area contributed by atoms with Crippen molar-refractivity contribution in [2.75, 3.05) is 6.54 Å². The lowest BCUT2D eigenvalue weighted by Crippen LogP contribution is -2.40. The zero-order chi connectivity index (χ0) is 17.3. The van der Waals surface area contributed by atoms with Gasteiger partial charge in [-0.25, -0.2) is 0 Å². The average molecular weight is 340 g/mol. The second-order valence-corrected chi connectivity index (χ2v) is 6.93. The van der Waals surface area contributed by atoms with E-state index in [4.69, 9.17) is 5.73 Å². The van der Waals surface area contributed by atoms with Crippen LogP contribution in [0.1, 0.15) is 43.2 Å². The summed E-state index contributed by atoms with van der Waals surface area (Å²) in [5.74, 6) is 0.349. The molecule has 2 aliphatic carbocycles. The van der Waals surface area contributed by atoms with Crippen LogP contribution in [-0.4, -0.2) is 23.4 Å². The van der Waals surface area contributed by atoms with Gasteiger partial charge in [0.15, 0.2) is 0 Å². The molecule has 3 rings (SSSR count). The second kappa shape index (κ2) is 6.75. The molecule has 6 heteroatoms. The Kier molecular flexibility index (Phi) is 4.85. The average Bonchev–Trinajstić information content (AvgIpc) is 3.27. The first-order chi connectivity index (χ1) is 11.4. The van der Waals surface area contributed by atoms with E-state index in [0.29, 0.717) is 13.1 Å². The number of rotatable bonds is 5. The Morgan fingerprint density at radius 2 is 1.79 bits per heavy atom. The molecule has 0 bridgehead atoms. The smallest absolute Gasteiger partial charge is 0.335 e. The molecule has 3 nitrogen and oxygen atoms in total. The van der Waals surface area contributed by atoms with Crippen LogP contribution in [-0.2, 0) is 17.5 Å². The standard InChI is InChI=1S/C18H23F3N2O/c19-18(20,21)14-6-4-12(5-7-14)11-23(15-8-9-15)17(24)16-3-1-2-13(16)10-22/h4-7,13,15-16H,1-3,8-11,22H2/t13-,16-/m1/s1. The highest BCUT2D eigenvalue weighted by Crippen LogP contribution is 2.37. The molecule has 2 atom stereocenters. The minimum atomic E-state index is -4.33. The highest BCUT2D eigenvalue weighted by molar-refractivity contribution is 5.80. The largest absolute Gasteiger partial charge is 0.416 e. The molecule has 2 N–H and O–H groups in total. The van der Waals surface area contributed by atoms with E-state index in [1.54, 1.807) is 0 Å². The number of alkyl halides is 3. The maximum atomic E-state index is 12.9. The van der Waals surface area contributed by atoms with E-state index in [1.165, 1.54) is 12.1 Å². The Morgan fingerprint density at radius 3 is 2.33 bits per heavy atom. The summed E-state index contributed by atoms with van der Waals surface area (Å²) >= 11 is 0. The number of nitrogens with two attached hydrogens (primary N) is 1. The molecule has 24 heavy (non-hydrogen) atoms. The fraction of sp³-hybridized carbons (Fsp3) is 0.611. The monoisotopic (exact) mass is 340 g/mol. The van der Waals surface area contributed by atoms with Crippen LogP contribution in [0.2, 0.25) is 0 Å². The Hall–Kier alpha value is -1.56. The number of amides is 1. The van der Waals surface area contributed by atoms with Crippen LogP contribution in [0.15, 0.2) is 24.3 Å². The van der Waals surface area contributed by atoms with E-state index in [2.05, 4.69) is 0 Å². The topological polar surface area (TPSA) is 46.3 Å². The van der Waals surface area contributed by atoms with Crippen LogP contribution >= 0.6 is 0 Å². The molecule has 0 heterocycles. The highest BCUT2D eigenvalue weighted by Gasteiger charge is 2.40. The summed E-state index contributed by atoms with van der Waals surface area (Å²) in [7, 11) is 0. The van der Waals surface area contributed by atoms with Gasteiger partial charge in [0.2, 0.25) is 5.91 Å². The molecule has 0 saturated heterocycles. The van der Waals surface area contributed by atoms with Gasteiger partial charge < -0.3 is 10.6 Å². The van der Waals surface area contributed by atoms with Crippen molar-refractivity contribution in [1.82, 2.24) is 4.90 Å². The SMILES string of the molecule is NC[C@H]1CCC[C@H]1C(=O)N(Cc1ccc(C(F)(F)F)cc1)C1CC1. The molecular weight excluding hydrogens is 317 g/mol. The lowest BCUT2D eigenvalue weighted by Gasteiger charge is -2.28. The van der Waals surface area contributed by atoms with Gasteiger partial charge in [0.25, 0.3) is 0 Å². The minimum absolute atomic E-state index is 0.0231. The van der Waals surface area contributed by atoms with Crippen LogP contribution in [0.5, 0.6) is 0 Å². The fourth-order valence-corrected chi connectivity index (χ4v) is 3.63. The quantitative estimate of drug-likeness (QED) is 0.891. The maximum Gasteiger partial charge on any atom is 0.416 e. The Bertz CT molecular complexity index is 581. The molecule has 1 amide bonds. The van der Waals surface area contributed by atoms with E-state index in [0.717, 1.165) is 49.8 Å². The maximum absolute atomic E-state index is 12.9. The minimum Gasteiger partial charge on any atom is -0.335 e. The van der Waals surface area contributed by atoms with E-state index in [1.807, 2.05) is 4.90 Å². The first kappa shape index (κ1) is 17.3. The molecular formula is C18H23F3N2O. The van der Waals surface area contributed by atoms with Gasteiger partial charge in [0.05, 0.1) is 5.56 Å². The molecule has 0 aromatic heterocycles. The fourth-order valence-electron chi connectivity index (χ4n) is 3.63. The number of nitrogens with zero attached hydrogens (tertiary/aromatic N) is 1. The predicted molar refractivity (Wildman–Crippen MR) is 84.9 cm³/mol. The van der Waals surface area contributed by atoms with Crippen LogP contribution in [0, 0.1) is 11.8 Å². The normalized spacial score (nSPS) is 24.2. The van der Waals surface area contributed by atoms with Gasteiger partial charge in [-0.05, 0) is 55.8 Å². The van der Waals surface area contributed by atoms with Crippen LogP contribution < -0.4 is 5.73 Å². The van der Waals surface area contributed by atoms with Crippen molar-refractivity contribution in [2.45, 2.75) is 50.9 Å². The van der Waals surface area contributed by atoms with Gasteiger partial charge >= 0.3 is 6.18 Å². The van der Waals surface area contributed by atoms with E-state index >= 15 is 0 Å². The molecule has 2 saturated carbocycles. The van der Waals surface area contributed by atoms with Gasteiger partial charge in [-0.1, -0.05) is 18.6 Å². The Morgan fingerprint density at radius 1 is 1.12 bits per heavy atom. The van der Waals surface area contributed by atoms with Crippen LogP contribution in [0.25, 0.3) is 0 Å². The van der Waals surface area contributed by atoms with Crippen molar-refractivity contribution in [3.63, 3.8) is 0 Å². The summed E-state index contributed by atoms with van der Waals surface area (Å²) in [6.45, 7) is 0.907. The summed E-state index contributed by atoms with van der Waals surface area (Å²) in [6.07, 6.45) is 0.515. The second-order valence-electron chi connectivity index (χ2n) is 6.93. The van der Waals surface area contributed by atoms with E-state index in [9.17, 15) is 18.0 Å². The summed E-state index contributed by atoms with van der Waals surface area (Å²) in [5, 5.41) is 0. The van der Waals surface area contributed by atoms with Crippen molar-refractivity contribution in [3.05, 3.63) is 35.4 Å². The summed E-state index contributed by atoms with van der Waals surface area (Å²) in [4.78, 5) is 14.8. The molecule has 0 spiro atoms. The number of benzene rings is 1. The van der Waals surface area contributed by atoms with Gasteiger partial charge in [-0.3, -0.25) is 4.79 Å². The van der Waals surface area contributed by atoms with Crippen molar-refractivity contribution in [3.8, 4) is 0 Å². The van der Waals surface area contributed by atoms with Crippen molar-refractivity contribution >= 4 is 5.91 Å². The number of carbonyl (C=O) groups excluding carboxylic acids is 1. The molecule has 0 aliphatic heterocycles. The first-order valence-electron chi connectivity index (χ1n) is 8.57. The number of carbonyl (C=O) groups is 1. The lowest BCUT2D eigenvalue weighted by molar-refractivity contribution is -0.138. The molecule has 0 unspecified atom stereocenters. The number of halogens is 3. The third-order valence-electron chi connectivity index (χ3n) is 5.18. The Labute approximate surface area is 140 Å². The van der Waals surface area contributed by atoms with Gasteiger partial charge in [0, 0.05) is 18.5 Å². The molecule has 2 aliphatic rings. The summed E-state index contributed by atoms with van der Waals surface area (Å²) < 4.78 is 38.0. The molecule has 2 fully saturated rings. The third kappa shape index (κ3) is 3.74. The lowest BCUT2D eigenvalue weighted by atomic mass is 9.94. The van der Waals surface area contributed by atoms with Gasteiger partial charge in [0.1, 0.15) is 0 Å². The molecule has 132 valence electrons.